The van der Waals surface area contributed by atoms with Gasteiger partial charge in [-0.25, -0.2) is 0 Å². The van der Waals surface area contributed by atoms with Crippen LogP contribution in [0.1, 0.15) is 45.2 Å². The molecular formula is C15H25N3O. The van der Waals surface area contributed by atoms with Crippen molar-refractivity contribution in [2.45, 2.75) is 52.2 Å². The van der Waals surface area contributed by atoms with Crippen molar-refractivity contribution in [3.8, 4) is 0 Å². The molecule has 1 aromatic rings. The van der Waals surface area contributed by atoms with Crippen LogP contribution in [-0.2, 0) is 11.3 Å². The Kier molecular flexibility index (Phi) is 4.64. The predicted octanol–water partition coefficient (Wildman–Crippen LogP) is 2.17. The van der Waals surface area contributed by atoms with Crippen LogP contribution >= 0.6 is 0 Å². The zero-order valence-corrected chi connectivity index (χ0v) is 12.2. The quantitative estimate of drug-likeness (QED) is 0.818. The van der Waals surface area contributed by atoms with Crippen molar-refractivity contribution in [3.05, 3.63) is 24.0 Å². The molecule has 0 spiro atoms. The Morgan fingerprint density at radius 1 is 1.53 bits per heavy atom. The molecule has 2 rings (SSSR count). The van der Waals surface area contributed by atoms with Crippen molar-refractivity contribution >= 4 is 5.91 Å². The molecule has 0 aliphatic heterocycles. The maximum atomic E-state index is 12.2. The largest absolute Gasteiger partial charge is 0.345 e. The van der Waals surface area contributed by atoms with Gasteiger partial charge < -0.3 is 14.8 Å². The molecule has 0 bridgehead atoms. The maximum Gasteiger partial charge on any atom is 0.242 e. The molecular weight excluding hydrogens is 238 g/mol. The van der Waals surface area contributed by atoms with E-state index in [1.54, 1.807) is 0 Å². The topological polar surface area (TPSA) is 37.3 Å². The molecule has 1 N–H and O–H groups in total. The third-order valence-electron chi connectivity index (χ3n) is 3.75. The van der Waals surface area contributed by atoms with Gasteiger partial charge in [-0.2, -0.15) is 0 Å². The van der Waals surface area contributed by atoms with E-state index in [0.717, 1.165) is 13.1 Å². The summed E-state index contributed by atoms with van der Waals surface area (Å²) in [7, 11) is 0. The van der Waals surface area contributed by atoms with Crippen molar-refractivity contribution in [2.24, 2.45) is 0 Å². The van der Waals surface area contributed by atoms with E-state index in [4.69, 9.17) is 0 Å². The first-order chi connectivity index (χ1) is 9.15. The normalized spacial score (nSPS) is 16.4. The second kappa shape index (κ2) is 6.24. The molecule has 1 heterocycles. The second-order valence-electron chi connectivity index (χ2n) is 5.31. The Hall–Kier alpha value is -1.29. The Balaban J connectivity index is 1.93. The van der Waals surface area contributed by atoms with Crippen LogP contribution in [0.2, 0.25) is 0 Å². The zero-order valence-electron chi connectivity index (χ0n) is 12.2. The average molecular weight is 263 g/mol. The van der Waals surface area contributed by atoms with Crippen molar-refractivity contribution in [1.29, 1.82) is 0 Å². The predicted molar refractivity (Wildman–Crippen MR) is 76.9 cm³/mol. The number of amides is 1. The van der Waals surface area contributed by atoms with Crippen LogP contribution in [0.5, 0.6) is 0 Å². The number of likely N-dealkylation sites (N-methyl/N-ethyl adjacent to an activating group) is 1. The Bertz CT molecular complexity index is 423. The molecule has 19 heavy (non-hydrogen) atoms. The summed E-state index contributed by atoms with van der Waals surface area (Å²) < 4.78 is 2.00. The second-order valence-corrected chi connectivity index (χ2v) is 5.31. The molecule has 1 saturated carbocycles. The summed E-state index contributed by atoms with van der Waals surface area (Å²) in [5.41, 5.74) is 1.24. The van der Waals surface area contributed by atoms with Crippen LogP contribution in [0, 0.1) is 0 Å². The van der Waals surface area contributed by atoms with Gasteiger partial charge in [0.05, 0.1) is 0 Å². The minimum atomic E-state index is 0.239. The van der Waals surface area contributed by atoms with Gasteiger partial charge in [0.25, 0.3) is 0 Å². The number of nitrogens with one attached hydrogen (secondary N) is 1. The molecule has 106 valence electrons. The highest BCUT2D eigenvalue weighted by Gasteiger charge is 2.31. The standard InChI is InChI=1S/C15H25N3O/c1-4-16-12(3)13-8-9-17(10-13)11-15(19)18(5-2)14-6-7-14/h8-10,12,14,16H,4-7,11H2,1-3H3. The first-order valence-corrected chi connectivity index (χ1v) is 7.34. The van der Waals surface area contributed by atoms with E-state index in [1.165, 1.54) is 18.4 Å². The first-order valence-electron chi connectivity index (χ1n) is 7.34. The molecule has 0 aromatic carbocycles. The van der Waals surface area contributed by atoms with Gasteiger partial charge in [0.15, 0.2) is 0 Å². The fourth-order valence-electron chi connectivity index (χ4n) is 2.51. The van der Waals surface area contributed by atoms with Crippen molar-refractivity contribution in [2.75, 3.05) is 13.1 Å². The minimum absolute atomic E-state index is 0.239. The fourth-order valence-corrected chi connectivity index (χ4v) is 2.51. The molecule has 4 heteroatoms. The van der Waals surface area contributed by atoms with Crippen LogP contribution in [0.15, 0.2) is 18.5 Å². The molecule has 1 aliphatic carbocycles. The van der Waals surface area contributed by atoms with Gasteiger partial charge in [-0.3, -0.25) is 4.79 Å². The SMILES string of the molecule is CCNC(C)c1ccn(CC(=O)N(CC)C2CC2)c1. The van der Waals surface area contributed by atoms with E-state index in [2.05, 4.69) is 38.4 Å². The van der Waals surface area contributed by atoms with Crippen LogP contribution in [0.3, 0.4) is 0 Å². The lowest BCUT2D eigenvalue weighted by Crippen LogP contribution is -2.35. The average Bonchev–Trinajstić information content (AvgIpc) is 3.09. The number of aromatic nitrogens is 1. The first kappa shape index (κ1) is 14.1. The van der Waals surface area contributed by atoms with Crippen LogP contribution in [0.4, 0.5) is 0 Å². The summed E-state index contributed by atoms with van der Waals surface area (Å²) in [6, 6.07) is 2.94. The van der Waals surface area contributed by atoms with Crippen molar-refractivity contribution < 1.29 is 4.79 Å². The van der Waals surface area contributed by atoms with Gasteiger partial charge in [-0.1, -0.05) is 6.92 Å². The van der Waals surface area contributed by atoms with Gasteiger partial charge in [-0.15, -0.1) is 0 Å². The lowest BCUT2D eigenvalue weighted by molar-refractivity contribution is -0.132. The summed E-state index contributed by atoms with van der Waals surface area (Å²) >= 11 is 0. The van der Waals surface area contributed by atoms with Crippen molar-refractivity contribution in [3.63, 3.8) is 0 Å². The summed E-state index contributed by atoms with van der Waals surface area (Å²) in [5.74, 6) is 0.239. The number of carbonyl (C=O) groups excluding carboxylic acids is 1. The van der Waals surface area contributed by atoms with E-state index in [0.29, 0.717) is 18.6 Å². The third-order valence-corrected chi connectivity index (χ3v) is 3.75. The summed E-state index contributed by atoms with van der Waals surface area (Å²) in [6.45, 7) is 8.55. The Morgan fingerprint density at radius 2 is 2.26 bits per heavy atom. The van der Waals surface area contributed by atoms with Gasteiger partial charge in [0.1, 0.15) is 6.54 Å². The highest BCUT2D eigenvalue weighted by molar-refractivity contribution is 5.76. The highest BCUT2D eigenvalue weighted by atomic mass is 16.2. The number of rotatable bonds is 7. The van der Waals surface area contributed by atoms with Crippen LogP contribution < -0.4 is 5.32 Å². The Morgan fingerprint density at radius 3 is 2.84 bits per heavy atom. The monoisotopic (exact) mass is 263 g/mol. The van der Waals surface area contributed by atoms with Crippen molar-refractivity contribution in [1.82, 2.24) is 14.8 Å². The summed E-state index contributed by atoms with van der Waals surface area (Å²) in [5, 5.41) is 3.38. The molecule has 1 aliphatic rings. The minimum Gasteiger partial charge on any atom is -0.345 e. The van der Waals surface area contributed by atoms with E-state index >= 15 is 0 Å². The van der Waals surface area contributed by atoms with Gasteiger partial charge >= 0.3 is 0 Å². The molecule has 0 saturated heterocycles. The van der Waals surface area contributed by atoms with Gasteiger partial charge in [-0.05, 0) is 44.9 Å². The molecule has 0 radical (unpaired) electrons. The molecule has 1 atom stereocenters. The molecule has 1 aromatic heterocycles. The smallest absolute Gasteiger partial charge is 0.242 e. The molecule has 4 nitrogen and oxygen atoms in total. The highest BCUT2D eigenvalue weighted by Crippen LogP contribution is 2.26. The summed E-state index contributed by atoms with van der Waals surface area (Å²) in [6.07, 6.45) is 6.43. The Labute approximate surface area is 115 Å². The molecule has 1 amide bonds. The lowest BCUT2D eigenvalue weighted by Gasteiger charge is -2.20. The summed E-state index contributed by atoms with van der Waals surface area (Å²) in [4.78, 5) is 14.2. The van der Waals surface area contributed by atoms with E-state index in [-0.39, 0.29) is 5.91 Å². The van der Waals surface area contributed by atoms with E-state index in [9.17, 15) is 4.79 Å². The van der Waals surface area contributed by atoms with Gasteiger partial charge in [0, 0.05) is 31.0 Å². The van der Waals surface area contributed by atoms with Crippen LogP contribution in [0.25, 0.3) is 0 Å². The zero-order chi connectivity index (χ0) is 13.8. The number of nitrogens with zero attached hydrogens (tertiary/aromatic N) is 2. The van der Waals surface area contributed by atoms with E-state index in [1.807, 2.05) is 15.7 Å². The maximum absolute atomic E-state index is 12.2. The third kappa shape index (κ3) is 3.60. The molecule has 1 fully saturated rings. The van der Waals surface area contributed by atoms with E-state index < -0.39 is 0 Å². The van der Waals surface area contributed by atoms with Gasteiger partial charge in [0.2, 0.25) is 5.91 Å². The number of carbonyl (C=O) groups is 1. The molecule has 1 unspecified atom stereocenters. The lowest BCUT2D eigenvalue weighted by atomic mass is 10.2. The number of hydrogen-bond acceptors (Lipinski definition) is 2. The van der Waals surface area contributed by atoms with Crippen LogP contribution in [-0.4, -0.2) is 34.5 Å². The number of hydrogen-bond donors (Lipinski definition) is 1. The fraction of sp³-hybridized carbons (Fsp3) is 0.667.